The molecular weight excluding hydrogens is 790 g/mol. The molecule has 0 nitrogen and oxygen atoms in total. The van der Waals surface area contributed by atoms with Crippen LogP contribution in [0.2, 0.25) is 0 Å². The van der Waals surface area contributed by atoms with Crippen molar-refractivity contribution in [3.8, 4) is 0 Å². The summed E-state index contributed by atoms with van der Waals surface area (Å²) >= 11 is 1.08. The predicted molar refractivity (Wildman–Crippen MR) is 196 cm³/mol. The molecule has 0 fully saturated rings. The Bertz CT molecular complexity index is 1960. The average molecular weight is 836 g/mol. The third kappa shape index (κ3) is 7.50. The first kappa shape index (κ1) is 38.0. The van der Waals surface area contributed by atoms with Crippen molar-refractivity contribution >= 4 is 26.1 Å². The Labute approximate surface area is 315 Å². The number of fused-ring (bicyclic) bond motifs is 7. The fraction of sp³-hybridized carbons (Fsp3) is 0.267. The molecule has 0 heterocycles. The number of benzene rings is 3. The van der Waals surface area contributed by atoms with Crippen LogP contribution in [0, 0.1) is 25.7 Å². The van der Waals surface area contributed by atoms with E-state index in [0.29, 0.717) is 0 Å². The van der Waals surface area contributed by atoms with Gasteiger partial charge in [0, 0.05) is 0 Å². The molecule has 0 bridgehead atoms. The molecule has 0 unspecified atom stereocenters. The van der Waals surface area contributed by atoms with Crippen molar-refractivity contribution in [1.29, 1.82) is 0 Å². The minimum atomic E-state index is 0. The monoisotopic (exact) mass is 836 g/mol. The smallest absolute Gasteiger partial charge is 0.172 e. The third-order valence-corrected chi connectivity index (χ3v) is 11.9. The van der Waals surface area contributed by atoms with E-state index in [-0.39, 0.29) is 35.6 Å². The summed E-state index contributed by atoms with van der Waals surface area (Å²) in [5.41, 5.74) is 18.1. The van der Waals surface area contributed by atoms with Gasteiger partial charge in [-0.2, -0.15) is 23.4 Å². The van der Waals surface area contributed by atoms with Gasteiger partial charge in [0.2, 0.25) is 0 Å². The molecule has 0 spiro atoms. The fourth-order valence-electron chi connectivity index (χ4n) is 7.59. The van der Waals surface area contributed by atoms with Gasteiger partial charge in [0.25, 0.3) is 0 Å². The van der Waals surface area contributed by atoms with E-state index in [1.54, 1.807) is 27.8 Å². The summed E-state index contributed by atoms with van der Waals surface area (Å²) in [6, 6.07) is 27.6. The quantitative estimate of drug-likeness (QED) is 0.214. The van der Waals surface area contributed by atoms with Gasteiger partial charge in [-0.15, -0.1) is 5.56 Å². The number of hydrogen-bond acceptors (Lipinski definition) is 0. The van der Waals surface area contributed by atoms with Crippen LogP contribution in [0.5, 0.6) is 0 Å². The molecule has 4 aromatic carbocycles. The van der Waals surface area contributed by atoms with Crippen LogP contribution in [0.15, 0.2) is 103 Å². The van der Waals surface area contributed by atoms with Crippen molar-refractivity contribution in [2.45, 2.75) is 73.6 Å². The van der Waals surface area contributed by atoms with Crippen LogP contribution in [0.4, 0.5) is 0 Å². The Hall–Kier alpha value is -2.84. The summed E-state index contributed by atoms with van der Waals surface area (Å²) in [5.74, 6) is 0. The van der Waals surface area contributed by atoms with Crippen molar-refractivity contribution < 1.29 is 48.7 Å². The van der Waals surface area contributed by atoms with Gasteiger partial charge in [0.05, 0.1) is 0 Å². The molecule has 0 aliphatic heterocycles. The Morgan fingerprint density at radius 3 is 1.83 bits per heavy atom. The SMILES string of the molecule is CC1=CC=c2c1c1c(c3c2=C(C)[CH-]C3(C)C)CC2=C1CC(C)(C)C=C2.Cc1ccc([C](=[Hf+2])c2ccc(C)cc2)cc1.[Cl-].[Cl-].c1cc[cH-]c1. The molecule has 3 heteroatoms. The zero-order valence-electron chi connectivity index (χ0n) is 29.6. The van der Waals surface area contributed by atoms with Gasteiger partial charge in [0.1, 0.15) is 0 Å². The molecule has 0 atom stereocenters. The van der Waals surface area contributed by atoms with E-state index in [0.717, 1.165) is 36.7 Å². The van der Waals surface area contributed by atoms with Gasteiger partial charge >= 0.3 is 112 Å². The fourth-order valence-corrected chi connectivity index (χ4v) is 8.79. The van der Waals surface area contributed by atoms with Crippen LogP contribution < -0.4 is 35.3 Å². The normalized spacial score (nSPS) is 16.5. The summed E-state index contributed by atoms with van der Waals surface area (Å²) in [7, 11) is 0. The van der Waals surface area contributed by atoms with E-state index in [4.69, 9.17) is 0 Å². The minimum absolute atomic E-state index is 0. The summed E-state index contributed by atoms with van der Waals surface area (Å²) in [6.07, 6.45) is 14.3. The Morgan fingerprint density at radius 2 is 1.31 bits per heavy atom. The van der Waals surface area contributed by atoms with Crippen LogP contribution >= 0.6 is 0 Å². The average Bonchev–Trinajstić information content (AvgIpc) is 3.81. The molecule has 0 N–H and O–H groups in total. The molecule has 4 aliphatic carbocycles. The summed E-state index contributed by atoms with van der Waals surface area (Å²) in [4.78, 5) is 0. The van der Waals surface area contributed by atoms with Crippen LogP contribution in [-0.4, -0.2) is 3.26 Å². The van der Waals surface area contributed by atoms with E-state index >= 15 is 0 Å². The van der Waals surface area contributed by atoms with E-state index in [9.17, 15) is 0 Å². The maximum absolute atomic E-state index is 2.48. The van der Waals surface area contributed by atoms with E-state index in [1.807, 2.05) is 30.3 Å². The second-order valence-corrected chi connectivity index (χ2v) is 16.5. The number of aryl methyl sites for hydroxylation is 2. The largest absolute Gasteiger partial charge is 1.00 e. The zero-order chi connectivity index (χ0) is 32.8. The number of allylic oxidation sites excluding steroid dienone is 6. The predicted octanol–water partition coefficient (Wildman–Crippen LogP) is 3.68. The van der Waals surface area contributed by atoms with Crippen molar-refractivity contribution in [2.75, 3.05) is 0 Å². The molecule has 4 aliphatic rings. The van der Waals surface area contributed by atoms with Gasteiger partial charge in [-0.25, -0.2) is 24.1 Å². The molecule has 0 radical (unpaired) electrons. The first-order chi connectivity index (χ1) is 21.9. The van der Waals surface area contributed by atoms with Crippen LogP contribution in [0.3, 0.4) is 0 Å². The molecule has 48 heavy (non-hydrogen) atoms. The topological polar surface area (TPSA) is 0 Å². The van der Waals surface area contributed by atoms with E-state index < -0.39 is 0 Å². The first-order valence-electron chi connectivity index (χ1n) is 16.6. The number of halogens is 2. The first-order valence-corrected chi connectivity index (χ1v) is 18.4. The summed E-state index contributed by atoms with van der Waals surface area (Å²) in [6.45, 7) is 18.4. The maximum atomic E-state index is 2.48. The Kier molecular flexibility index (Phi) is 11.8. The Balaban J connectivity index is 0.000000195. The molecule has 0 saturated carbocycles. The molecule has 8 rings (SSSR count). The van der Waals surface area contributed by atoms with Gasteiger partial charge in [-0.05, 0) is 53.0 Å². The van der Waals surface area contributed by atoms with E-state index in [2.05, 4.69) is 135 Å². The third-order valence-electron chi connectivity index (χ3n) is 9.81. The molecular formula is C45H46Cl2Hf-2. The van der Waals surface area contributed by atoms with Crippen molar-refractivity contribution in [3.63, 3.8) is 0 Å². The van der Waals surface area contributed by atoms with Crippen molar-refractivity contribution in [2.24, 2.45) is 5.41 Å². The standard InChI is InChI=1S/C25H27.C15H14.C5H5.2ClH.Hf/c1-14-7-8-17-20(14)22-18(23-21(17)15(2)12-25(23,5)6)11-16-9-10-24(3,4)13-19(16)22;1-12-3-7-14(8-4-12)11-15-9-5-13(2)6-10-15;1-2-4-5-3-1;;;/h7-10,12H,11,13H2,1-6H3;3-10H,1-2H3;1-5H;2*1H;/q-1;;-1;;;+2/p-2. The second-order valence-electron chi connectivity index (χ2n) is 14.7. The van der Waals surface area contributed by atoms with Gasteiger partial charge in [-0.1, -0.05) is 75.1 Å². The molecule has 0 saturated heterocycles. The molecule has 0 amide bonds. The van der Waals surface area contributed by atoms with Gasteiger partial charge < -0.3 is 24.8 Å². The maximum Gasteiger partial charge on any atom is -0.172 e. The number of hydrogen-bond donors (Lipinski definition) is 0. The summed E-state index contributed by atoms with van der Waals surface area (Å²) < 4.78 is 1.47. The second kappa shape index (κ2) is 15.0. The Morgan fingerprint density at radius 1 is 0.750 bits per heavy atom. The number of rotatable bonds is 2. The van der Waals surface area contributed by atoms with Crippen molar-refractivity contribution in [1.82, 2.24) is 0 Å². The summed E-state index contributed by atoms with van der Waals surface area (Å²) in [5, 5.41) is 3.00. The molecule has 246 valence electrons. The van der Waals surface area contributed by atoms with Gasteiger partial charge in [0.15, 0.2) is 0 Å². The molecule has 4 aromatic rings. The van der Waals surface area contributed by atoms with Crippen molar-refractivity contribution in [3.05, 3.63) is 164 Å². The van der Waals surface area contributed by atoms with Gasteiger partial charge in [-0.3, -0.25) is 0 Å². The van der Waals surface area contributed by atoms with Crippen LogP contribution in [-0.2, 0) is 35.7 Å². The van der Waals surface area contributed by atoms with Crippen LogP contribution in [0.1, 0.15) is 92.5 Å². The van der Waals surface area contributed by atoms with E-state index in [1.165, 1.54) is 52.7 Å². The molecule has 0 aromatic heterocycles. The minimum Gasteiger partial charge on any atom is -1.00 e. The van der Waals surface area contributed by atoms with Crippen LogP contribution in [0.25, 0.3) is 22.8 Å². The zero-order valence-corrected chi connectivity index (χ0v) is 34.7.